The Morgan fingerprint density at radius 1 is 1.00 bits per heavy atom. The van der Waals surface area contributed by atoms with Crippen LogP contribution in [0, 0.1) is 11.8 Å². The van der Waals surface area contributed by atoms with Crippen molar-refractivity contribution in [3.8, 4) is 0 Å². The van der Waals surface area contributed by atoms with Crippen molar-refractivity contribution in [2.75, 3.05) is 26.2 Å². The van der Waals surface area contributed by atoms with E-state index in [0.29, 0.717) is 38.8 Å². The maximum absolute atomic E-state index is 14.0. The van der Waals surface area contributed by atoms with E-state index in [-0.39, 0.29) is 56.4 Å². The molecule has 4 N–H and O–H groups in total. The van der Waals surface area contributed by atoms with Crippen LogP contribution in [-0.4, -0.2) is 101 Å². The van der Waals surface area contributed by atoms with Crippen molar-refractivity contribution in [1.29, 1.82) is 0 Å². The van der Waals surface area contributed by atoms with Gasteiger partial charge in [-0.3, -0.25) is 33.7 Å². The number of rotatable bonds is 5. The zero-order valence-electron chi connectivity index (χ0n) is 27.1. The Bertz CT molecular complexity index is 1280. The summed E-state index contributed by atoms with van der Waals surface area (Å²) in [6.07, 6.45) is 1.74. The lowest BCUT2D eigenvalue weighted by Crippen LogP contribution is -2.59. The van der Waals surface area contributed by atoms with Crippen LogP contribution in [-0.2, 0) is 35.2 Å². The van der Waals surface area contributed by atoms with Gasteiger partial charge in [-0.15, -0.1) is 0 Å². The number of hydrogen-bond acceptors (Lipinski definition) is 7. The fourth-order valence-electron chi connectivity index (χ4n) is 6.34. The second kappa shape index (κ2) is 15.7. The maximum Gasteiger partial charge on any atom is 0.242 e. The van der Waals surface area contributed by atoms with Crippen LogP contribution in [0.5, 0.6) is 0 Å². The second-order valence-electron chi connectivity index (χ2n) is 14.0. The number of carbonyl (C=O) groups is 6. The number of nitrogens with zero attached hydrogens (tertiary/aromatic N) is 2. The predicted octanol–water partition coefficient (Wildman–Crippen LogP) is 1.18. The Labute approximate surface area is 272 Å². The lowest BCUT2D eigenvalue weighted by molar-refractivity contribution is -0.136. The van der Waals surface area contributed by atoms with Crippen molar-refractivity contribution < 1.29 is 28.8 Å². The van der Waals surface area contributed by atoms with Gasteiger partial charge in [0.2, 0.25) is 29.5 Å². The van der Waals surface area contributed by atoms with E-state index in [2.05, 4.69) is 21.3 Å². The van der Waals surface area contributed by atoms with Gasteiger partial charge in [0.05, 0.1) is 25.2 Å². The van der Waals surface area contributed by atoms with Gasteiger partial charge in [-0.05, 0) is 64.5 Å². The van der Waals surface area contributed by atoms with Crippen LogP contribution in [0.1, 0.15) is 73.3 Å². The van der Waals surface area contributed by atoms with Gasteiger partial charge in [0.15, 0.2) is 5.78 Å². The topological polar surface area (TPSA) is 157 Å². The molecule has 1 aromatic carbocycles. The normalized spacial score (nSPS) is 26.9. The maximum atomic E-state index is 14.0. The average Bonchev–Trinajstić information content (AvgIpc) is 3.59. The summed E-state index contributed by atoms with van der Waals surface area (Å²) in [4.78, 5) is 83.8. The van der Waals surface area contributed by atoms with Crippen molar-refractivity contribution in [2.45, 2.75) is 104 Å². The summed E-state index contributed by atoms with van der Waals surface area (Å²) in [5.41, 5.74) is 0.355. The molecule has 5 atom stereocenters. The number of fused-ring (bicyclic) bond motifs is 2. The number of nitrogens with one attached hydrogen (secondary N) is 4. The number of carbonyl (C=O) groups excluding carboxylic acids is 6. The van der Waals surface area contributed by atoms with E-state index in [1.165, 1.54) is 0 Å². The smallest absolute Gasteiger partial charge is 0.242 e. The molecule has 254 valence electrons. The Hall–Kier alpha value is -3.80. The highest BCUT2D eigenvalue weighted by Gasteiger charge is 2.53. The molecule has 1 aromatic rings. The molecule has 3 aliphatic rings. The summed E-state index contributed by atoms with van der Waals surface area (Å²) in [5.74, 6) is -2.84. The quantitative estimate of drug-likeness (QED) is 0.352. The molecule has 4 rings (SSSR count). The highest BCUT2D eigenvalue weighted by molar-refractivity contribution is 5.95. The molecule has 5 amide bonds. The van der Waals surface area contributed by atoms with E-state index in [1.807, 2.05) is 69.9 Å². The Morgan fingerprint density at radius 3 is 2.33 bits per heavy atom. The number of Topliss-reactive ketones (excluding diaryl/α,β-unsaturated/α-hetero) is 1. The first-order valence-corrected chi connectivity index (χ1v) is 16.0. The highest BCUT2D eigenvalue weighted by atomic mass is 16.2. The SMILES string of the molecule is C.CC(C)C[C@@H]1NC(=O)CNC(=O)[C@@H]2CCCN2[C@@H](C(=O)NC(C)(C)C)[C@@H]2CN2C(=O)[C@H](Cc2ccccc2)CC(=O)CNC1=O. The third kappa shape index (κ3) is 9.85. The summed E-state index contributed by atoms with van der Waals surface area (Å²) in [7, 11) is 0. The van der Waals surface area contributed by atoms with Crippen molar-refractivity contribution in [3.63, 3.8) is 0 Å². The van der Waals surface area contributed by atoms with Crippen LogP contribution < -0.4 is 21.3 Å². The molecule has 0 aliphatic carbocycles. The van der Waals surface area contributed by atoms with Crippen molar-refractivity contribution in [3.05, 3.63) is 35.9 Å². The predicted molar refractivity (Wildman–Crippen MR) is 174 cm³/mol. The van der Waals surface area contributed by atoms with Crippen molar-refractivity contribution in [2.24, 2.45) is 11.8 Å². The van der Waals surface area contributed by atoms with Gasteiger partial charge < -0.3 is 26.2 Å². The van der Waals surface area contributed by atoms with Gasteiger partial charge in [0, 0.05) is 24.4 Å². The van der Waals surface area contributed by atoms with Crippen LogP contribution in [0.2, 0.25) is 0 Å². The monoisotopic (exact) mass is 640 g/mol. The van der Waals surface area contributed by atoms with Crippen LogP contribution in [0.25, 0.3) is 0 Å². The summed E-state index contributed by atoms with van der Waals surface area (Å²) in [5, 5.41) is 11.1. The number of ketones is 1. The van der Waals surface area contributed by atoms with Gasteiger partial charge in [-0.2, -0.15) is 0 Å². The largest absolute Gasteiger partial charge is 0.350 e. The van der Waals surface area contributed by atoms with Crippen molar-refractivity contribution >= 4 is 35.3 Å². The van der Waals surface area contributed by atoms with E-state index >= 15 is 0 Å². The zero-order chi connectivity index (χ0) is 32.9. The number of amides is 5. The molecule has 3 aliphatic heterocycles. The van der Waals surface area contributed by atoms with E-state index in [9.17, 15) is 28.8 Å². The summed E-state index contributed by atoms with van der Waals surface area (Å²) in [6, 6.07) is 6.62. The average molecular weight is 641 g/mol. The van der Waals surface area contributed by atoms with Gasteiger partial charge in [0.25, 0.3) is 0 Å². The zero-order valence-corrected chi connectivity index (χ0v) is 27.1. The highest BCUT2D eigenvalue weighted by Crippen LogP contribution is 2.33. The molecule has 0 saturated carbocycles. The molecule has 0 radical (unpaired) electrons. The molecule has 46 heavy (non-hydrogen) atoms. The van der Waals surface area contributed by atoms with E-state index in [1.54, 1.807) is 4.90 Å². The Balaban J connectivity index is 0.00000576. The van der Waals surface area contributed by atoms with Gasteiger partial charge in [-0.25, -0.2) is 0 Å². The van der Waals surface area contributed by atoms with Crippen LogP contribution in [0.15, 0.2) is 30.3 Å². The molecule has 0 unspecified atom stereocenters. The van der Waals surface area contributed by atoms with Gasteiger partial charge in [0.1, 0.15) is 12.1 Å². The molecule has 12 nitrogen and oxygen atoms in total. The lowest BCUT2D eigenvalue weighted by atomic mass is 9.93. The van der Waals surface area contributed by atoms with E-state index in [4.69, 9.17) is 0 Å². The number of hydrogen-bond donors (Lipinski definition) is 4. The van der Waals surface area contributed by atoms with Crippen LogP contribution >= 0.6 is 0 Å². The third-order valence-electron chi connectivity index (χ3n) is 8.41. The fourth-order valence-corrected chi connectivity index (χ4v) is 6.34. The number of benzene rings is 1. The van der Waals surface area contributed by atoms with Crippen molar-refractivity contribution in [1.82, 2.24) is 31.1 Å². The standard InChI is InChI=1S/C33H48N6O6.CH4/c1-20(2)14-24-29(42)34-17-23(40)16-22(15-21-10-7-6-8-11-21)32(45)39-19-26(39)28(31(44)37-33(3,4)5)38-13-9-12-25(38)30(43)35-18-27(41)36-24;/h6-8,10-11,20,22,24-26,28H,9,12-19H2,1-5H3,(H,34,42)(H,35,43)(H,36,41)(H,37,44);1H4/t22-,24+,25+,26+,28-,39?;/m1./s1. The van der Waals surface area contributed by atoms with Gasteiger partial charge in [-0.1, -0.05) is 51.6 Å². The lowest BCUT2D eigenvalue weighted by Gasteiger charge is -2.34. The summed E-state index contributed by atoms with van der Waals surface area (Å²) >= 11 is 0. The summed E-state index contributed by atoms with van der Waals surface area (Å²) in [6.45, 7) is 9.64. The van der Waals surface area contributed by atoms with E-state index < -0.39 is 47.4 Å². The minimum atomic E-state index is -0.894. The fraction of sp³-hybridized carbons (Fsp3) is 0.647. The molecule has 0 aromatic heterocycles. The molecular weight excluding hydrogens is 588 g/mol. The second-order valence-corrected chi connectivity index (χ2v) is 14.0. The molecule has 0 bridgehead atoms. The Kier molecular flexibility index (Phi) is 12.5. The molecular formula is C34H52N6O6. The molecule has 3 heterocycles. The minimum absolute atomic E-state index is 0. The van der Waals surface area contributed by atoms with Gasteiger partial charge >= 0.3 is 0 Å². The third-order valence-corrected chi connectivity index (χ3v) is 8.41. The van der Waals surface area contributed by atoms with E-state index in [0.717, 1.165) is 5.56 Å². The molecule has 0 spiro atoms. The first kappa shape index (κ1) is 36.7. The molecule has 3 fully saturated rings. The van der Waals surface area contributed by atoms with Crippen LogP contribution in [0.3, 0.4) is 0 Å². The first-order valence-electron chi connectivity index (χ1n) is 16.0. The molecule has 12 heteroatoms. The first-order chi connectivity index (χ1) is 21.2. The van der Waals surface area contributed by atoms with Crippen LogP contribution in [0.4, 0.5) is 0 Å². The summed E-state index contributed by atoms with van der Waals surface area (Å²) < 4.78 is 0. The Morgan fingerprint density at radius 2 is 1.67 bits per heavy atom. The molecule has 3 saturated heterocycles. The minimum Gasteiger partial charge on any atom is -0.350 e.